The van der Waals surface area contributed by atoms with Crippen LogP contribution in [0.5, 0.6) is 0 Å². The molecule has 0 aromatic rings. The van der Waals surface area contributed by atoms with Crippen LogP contribution in [0.4, 0.5) is 0 Å². The second-order valence-corrected chi connectivity index (χ2v) is 3.42. The Bertz CT molecular complexity index is 133. The molecule has 0 aliphatic rings. The first-order valence-electron chi connectivity index (χ1n) is 4.48. The Hall–Kier alpha value is -0.0100. The van der Waals surface area contributed by atoms with Crippen LogP contribution in [-0.2, 0) is 4.79 Å². The van der Waals surface area contributed by atoms with Crippen molar-refractivity contribution in [1.82, 2.24) is 0 Å². The van der Waals surface area contributed by atoms with E-state index in [1.54, 1.807) is 13.0 Å². The lowest BCUT2D eigenvalue weighted by Gasteiger charge is -1.89. The van der Waals surface area contributed by atoms with E-state index in [1.807, 2.05) is 6.08 Å². The first-order valence-corrected chi connectivity index (χ1v) is 5.55. The summed E-state index contributed by atoms with van der Waals surface area (Å²) in [6.07, 6.45) is 8.37. The maximum Gasteiger partial charge on any atom is 0.152 e. The molecule has 0 amide bonds. The fraction of sp³-hybridized carbons (Fsp3) is 0.700. The van der Waals surface area contributed by atoms with E-state index in [-0.39, 0.29) is 11.1 Å². The Morgan fingerprint density at radius 2 is 1.85 bits per heavy atom. The van der Waals surface area contributed by atoms with Crippen LogP contribution in [0.25, 0.3) is 0 Å². The molecule has 0 aromatic heterocycles. The van der Waals surface area contributed by atoms with E-state index in [9.17, 15) is 4.79 Å². The summed E-state index contributed by atoms with van der Waals surface area (Å²) in [5, 5.41) is 0.194. The molecule has 0 fully saturated rings. The van der Waals surface area contributed by atoms with Crippen LogP contribution in [-0.4, -0.2) is 11.1 Å². The van der Waals surface area contributed by atoms with Gasteiger partial charge in [-0.05, 0) is 25.8 Å². The summed E-state index contributed by atoms with van der Waals surface area (Å²) in [6.45, 7) is 3.75. The lowest BCUT2D eigenvalue weighted by Crippen LogP contribution is -1.79. The second kappa shape index (κ2) is 14.5. The van der Waals surface area contributed by atoms with Crippen molar-refractivity contribution in [2.45, 2.75) is 39.5 Å². The van der Waals surface area contributed by atoms with Crippen LogP contribution in [0.1, 0.15) is 39.5 Å². The van der Waals surface area contributed by atoms with Gasteiger partial charge in [0.1, 0.15) is 0 Å². The van der Waals surface area contributed by atoms with Gasteiger partial charge in [0.25, 0.3) is 0 Å². The standard InChI is InChI=1S/C9H16O.CH2Cl2/c1-3-4-5-6-7-8-9(2)10;2-1-3/h7-8H,3-6H2,1-2H3;1H2. The summed E-state index contributed by atoms with van der Waals surface area (Å²) in [7, 11) is 0. The first kappa shape index (κ1) is 15.5. The average Bonchev–Trinajstić information content (AvgIpc) is 2.05. The van der Waals surface area contributed by atoms with Crippen molar-refractivity contribution in [3.8, 4) is 0 Å². The zero-order chi connectivity index (χ0) is 10.5. The maximum atomic E-state index is 10.4. The molecule has 0 aliphatic heterocycles. The third-order valence-electron chi connectivity index (χ3n) is 1.33. The van der Waals surface area contributed by atoms with E-state index < -0.39 is 0 Å². The summed E-state index contributed by atoms with van der Waals surface area (Å²) >= 11 is 9.53. The van der Waals surface area contributed by atoms with Gasteiger partial charge in [0.15, 0.2) is 5.78 Å². The lowest BCUT2D eigenvalue weighted by atomic mass is 10.2. The van der Waals surface area contributed by atoms with Gasteiger partial charge in [-0.25, -0.2) is 0 Å². The number of halogens is 2. The number of alkyl halides is 2. The molecule has 0 saturated heterocycles. The smallest absolute Gasteiger partial charge is 0.152 e. The molecule has 78 valence electrons. The Balaban J connectivity index is 0. The lowest BCUT2D eigenvalue weighted by molar-refractivity contribution is -0.112. The molecule has 0 N–H and O–H groups in total. The first-order chi connectivity index (χ1) is 6.18. The highest BCUT2D eigenvalue weighted by molar-refractivity contribution is 6.40. The predicted octanol–water partition coefficient (Wildman–Crippen LogP) is 4.13. The van der Waals surface area contributed by atoms with E-state index in [1.165, 1.54) is 19.3 Å². The third-order valence-corrected chi connectivity index (χ3v) is 1.33. The highest BCUT2D eigenvalue weighted by atomic mass is 35.5. The molecule has 0 radical (unpaired) electrons. The number of rotatable bonds is 5. The predicted molar refractivity (Wildman–Crippen MR) is 60.5 cm³/mol. The van der Waals surface area contributed by atoms with E-state index >= 15 is 0 Å². The summed E-state index contributed by atoms with van der Waals surface area (Å²) < 4.78 is 0. The van der Waals surface area contributed by atoms with Gasteiger partial charge in [0, 0.05) is 0 Å². The van der Waals surface area contributed by atoms with Crippen molar-refractivity contribution >= 4 is 29.0 Å². The van der Waals surface area contributed by atoms with Crippen LogP contribution < -0.4 is 0 Å². The fourth-order valence-corrected chi connectivity index (χ4v) is 0.761. The topological polar surface area (TPSA) is 17.1 Å². The normalized spacial score (nSPS) is 9.54. The van der Waals surface area contributed by atoms with Gasteiger partial charge < -0.3 is 0 Å². The Morgan fingerprint density at radius 3 is 2.23 bits per heavy atom. The van der Waals surface area contributed by atoms with Crippen molar-refractivity contribution in [2.75, 3.05) is 5.34 Å². The minimum atomic E-state index is 0.150. The van der Waals surface area contributed by atoms with Gasteiger partial charge in [-0.1, -0.05) is 25.8 Å². The number of hydrogen-bond acceptors (Lipinski definition) is 1. The summed E-state index contributed by atoms with van der Waals surface area (Å²) in [4.78, 5) is 10.4. The van der Waals surface area contributed by atoms with Crippen molar-refractivity contribution in [3.63, 3.8) is 0 Å². The Labute approximate surface area is 91.1 Å². The molecule has 0 saturated carbocycles. The Morgan fingerprint density at radius 1 is 1.31 bits per heavy atom. The molecule has 0 atom stereocenters. The van der Waals surface area contributed by atoms with Crippen molar-refractivity contribution in [3.05, 3.63) is 12.2 Å². The van der Waals surface area contributed by atoms with Crippen LogP contribution in [0.15, 0.2) is 12.2 Å². The number of hydrogen-bond donors (Lipinski definition) is 0. The number of allylic oxidation sites excluding steroid dienone is 2. The number of carbonyl (C=O) groups is 1. The number of ketones is 1. The molecular weight excluding hydrogens is 207 g/mol. The molecule has 1 nitrogen and oxygen atoms in total. The van der Waals surface area contributed by atoms with Crippen LogP contribution >= 0.6 is 23.2 Å². The van der Waals surface area contributed by atoms with Gasteiger partial charge >= 0.3 is 0 Å². The molecule has 0 rings (SSSR count). The quantitative estimate of drug-likeness (QED) is 0.390. The van der Waals surface area contributed by atoms with Crippen molar-refractivity contribution in [1.29, 1.82) is 0 Å². The van der Waals surface area contributed by atoms with E-state index in [4.69, 9.17) is 23.2 Å². The SMILES string of the molecule is CCCCCC=CC(C)=O.ClCCl. The summed E-state index contributed by atoms with van der Waals surface area (Å²) in [6, 6.07) is 0. The Kier molecular flexibility index (Phi) is 17.3. The molecule has 0 aromatic carbocycles. The highest BCUT2D eigenvalue weighted by Crippen LogP contribution is 1.99. The zero-order valence-electron chi connectivity index (χ0n) is 8.35. The zero-order valence-corrected chi connectivity index (χ0v) is 9.87. The molecule has 0 unspecified atom stereocenters. The minimum absolute atomic E-state index is 0.150. The number of unbranched alkanes of at least 4 members (excludes halogenated alkanes) is 3. The average molecular weight is 225 g/mol. The molecule has 0 spiro atoms. The maximum absolute atomic E-state index is 10.4. The highest BCUT2D eigenvalue weighted by Gasteiger charge is 1.83. The van der Waals surface area contributed by atoms with Crippen molar-refractivity contribution in [2.24, 2.45) is 0 Å². The van der Waals surface area contributed by atoms with Crippen molar-refractivity contribution < 1.29 is 4.79 Å². The van der Waals surface area contributed by atoms with Gasteiger partial charge in [-0.15, -0.1) is 23.2 Å². The van der Waals surface area contributed by atoms with Gasteiger partial charge in [-0.2, -0.15) is 0 Å². The third kappa shape index (κ3) is 24.5. The summed E-state index contributed by atoms with van der Waals surface area (Å²) in [5.74, 6) is 0.150. The minimum Gasteiger partial charge on any atom is -0.295 e. The van der Waals surface area contributed by atoms with Gasteiger partial charge in [-0.3, -0.25) is 4.79 Å². The van der Waals surface area contributed by atoms with E-state index in [2.05, 4.69) is 6.92 Å². The molecule has 0 bridgehead atoms. The molecule has 0 aliphatic carbocycles. The monoisotopic (exact) mass is 224 g/mol. The van der Waals surface area contributed by atoms with E-state index in [0.29, 0.717) is 0 Å². The fourth-order valence-electron chi connectivity index (χ4n) is 0.761. The number of carbonyl (C=O) groups excluding carboxylic acids is 1. The second-order valence-electron chi connectivity index (χ2n) is 2.61. The van der Waals surface area contributed by atoms with Gasteiger partial charge in [0.2, 0.25) is 0 Å². The van der Waals surface area contributed by atoms with Crippen LogP contribution in [0.2, 0.25) is 0 Å². The molecule has 3 heteroatoms. The molecular formula is C10H18Cl2O. The molecule has 0 heterocycles. The van der Waals surface area contributed by atoms with Crippen LogP contribution in [0, 0.1) is 0 Å². The van der Waals surface area contributed by atoms with Crippen LogP contribution in [0.3, 0.4) is 0 Å². The largest absolute Gasteiger partial charge is 0.295 e. The summed E-state index contributed by atoms with van der Waals surface area (Å²) in [5.41, 5.74) is 0. The van der Waals surface area contributed by atoms with Gasteiger partial charge in [0.05, 0.1) is 5.34 Å². The van der Waals surface area contributed by atoms with E-state index in [0.717, 1.165) is 6.42 Å². The molecule has 13 heavy (non-hydrogen) atoms.